The van der Waals surface area contributed by atoms with Crippen molar-refractivity contribution in [1.82, 2.24) is 25.0 Å². The van der Waals surface area contributed by atoms with Crippen LogP contribution >= 0.6 is 0 Å². The van der Waals surface area contributed by atoms with Crippen LogP contribution in [-0.2, 0) is 4.79 Å². The highest BCUT2D eigenvalue weighted by molar-refractivity contribution is 5.78. The van der Waals surface area contributed by atoms with Gasteiger partial charge in [-0.15, -0.1) is 0 Å². The van der Waals surface area contributed by atoms with Gasteiger partial charge in [0.2, 0.25) is 5.91 Å². The Hall–Kier alpha value is -1.63. The zero-order valence-corrected chi connectivity index (χ0v) is 13.9. The first kappa shape index (κ1) is 16.2. The third kappa shape index (κ3) is 3.83. The van der Waals surface area contributed by atoms with Gasteiger partial charge in [-0.05, 0) is 51.6 Å². The zero-order chi connectivity index (χ0) is 16.2. The topological polar surface area (TPSA) is 85.1 Å². The summed E-state index contributed by atoms with van der Waals surface area (Å²) in [6.07, 6.45) is 6.46. The van der Waals surface area contributed by atoms with E-state index in [4.69, 9.17) is 0 Å². The number of aromatic amines is 2. The lowest BCUT2D eigenvalue weighted by Crippen LogP contribution is -2.49. The average Bonchev–Trinajstić information content (AvgIpc) is 3.02. The van der Waals surface area contributed by atoms with Gasteiger partial charge in [-0.1, -0.05) is 6.92 Å². The Morgan fingerprint density at radius 1 is 1.22 bits per heavy atom. The van der Waals surface area contributed by atoms with Gasteiger partial charge in [0.1, 0.15) is 5.82 Å². The van der Waals surface area contributed by atoms with Gasteiger partial charge < -0.3 is 4.90 Å². The van der Waals surface area contributed by atoms with E-state index in [1.807, 2.05) is 0 Å². The number of carbonyl (C=O) groups is 1. The molecule has 7 heteroatoms. The number of hydrogen-bond donors (Lipinski definition) is 2. The van der Waals surface area contributed by atoms with Crippen molar-refractivity contribution in [2.24, 2.45) is 0 Å². The first-order valence-corrected chi connectivity index (χ1v) is 8.83. The Balaban J connectivity index is 1.50. The number of hydrogen-bond acceptors (Lipinski definition) is 4. The van der Waals surface area contributed by atoms with Crippen LogP contribution in [0.15, 0.2) is 4.79 Å². The van der Waals surface area contributed by atoms with Gasteiger partial charge in [0, 0.05) is 18.5 Å². The summed E-state index contributed by atoms with van der Waals surface area (Å²) in [6, 6.07) is 0.433. The number of piperidine rings is 2. The van der Waals surface area contributed by atoms with Crippen LogP contribution in [0.4, 0.5) is 0 Å². The van der Waals surface area contributed by atoms with E-state index >= 15 is 0 Å². The van der Waals surface area contributed by atoms with Gasteiger partial charge in [0.25, 0.3) is 0 Å². The molecule has 7 nitrogen and oxygen atoms in total. The predicted octanol–water partition coefficient (Wildman–Crippen LogP) is 1.07. The van der Waals surface area contributed by atoms with E-state index in [9.17, 15) is 9.59 Å². The molecule has 1 aromatic rings. The molecule has 0 bridgehead atoms. The molecule has 23 heavy (non-hydrogen) atoms. The van der Waals surface area contributed by atoms with E-state index in [1.165, 1.54) is 6.42 Å². The molecule has 3 rings (SSSR count). The summed E-state index contributed by atoms with van der Waals surface area (Å²) in [7, 11) is 0. The summed E-state index contributed by atoms with van der Waals surface area (Å²) in [5.74, 6) is 1.32. The molecule has 0 aliphatic carbocycles. The van der Waals surface area contributed by atoms with Gasteiger partial charge in [-0.25, -0.2) is 9.89 Å². The van der Waals surface area contributed by atoms with Gasteiger partial charge in [-0.2, -0.15) is 5.10 Å². The van der Waals surface area contributed by atoms with Gasteiger partial charge in [0.15, 0.2) is 0 Å². The van der Waals surface area contributed by atoms with Crippen molar-refractivity contribution in [2.75, 3.05) is 26.2 Å². The summed E-state index contributed by atoms with van der Waals surface area (Å²) < 4.78 is 0. The molecule has 0 saturated carbocycles. The maximum Gasteiger partial charge on any atom is 0.340 e. The number of aromatic nitrogens is 3. The summed E-state index contributed by atoms with van der Waals surface area (Å²) in [6.45, 7) is 5.39. The van der Waals surface area contributed by atoms with Gasteiger partial charge in [0.05, 0.1) is 6.54 Å². The second kappa shape index (κ2) is 7.29. The average molecular weight is 321 g/mol. The third-order valence-electron chi connectivity index (χ3n) is 5.27. The molecule has 0 radical (unpaired) electrons. The number of nitrogens with one attached hydrogen (secondary N) is 2. The highest BCUT2D eigenvalue weighted by Crippen LogP contribution is 2.25. The summed E-state index contributed by atoms with van der Waals surface area (Å²) in [4.78, 5) is 30.8. The number of rotatable bonds is 4. The van der Waals surface area contributed by atoms with Crippen LogP contribution in [-0.4, -0.2) is 63.1 Å². The van der Waals surface area contributed by atoms with E-state index < -0.39 is 0 Å². The molecule has 0 spiro atoms. The van der Waals surface area contributed by atoms with Crippen molar-refractivity contribution < 1.29 is 4.79 Å². The van der Waals surface area contributed by atoms with E-state index in [0.29, 0.717) is 18.5 Å². The Morgan fingerprint density at radius 2 is 2.00 bits per heavy atom. The molecule has 1 atom stereocenters. The minimum absolute atomic E-state index is 0.242. The van der Waals surface area contributed by atoms with Crippen LogP contribution in [0.5, 0.6) is 0 Å². The van der Waals surface area contributed by atoms with Crippen molar-refractivity contribution in [2.45, 2.75) is 57.4 Å². The Kier molecular flexibility index (Phi) is 5.15. The number of nitrogens with zero attached hydrogens (tertiary/aromatic N) is 3. The summed E-state index contributed by atoms with van der Waals surface area (Å²) >= 11 is 0. The van der Waals surface area contributed by atoms with Crippen LogP contribution in [0.2, 0.25) is 0 Å². The SMILES string of the molecule is CCC1CCCCN1C(=O)CN1CCC(c2n[nH]c(=O)[nH]2)CC1. The molecular weight excluding hydrogens is 294 g/mol. The highest BCUT2D eigenvalue weighted by atomic mass is 16.2. The van der Waals surface area contributed by atoms with E-state index in [1.54, 1.807) is 0 Å². The van der Waals surface area contributed by atoms with Crippen molar-refractivity contribution in [3.05, 3.63) is 16.3 Å². The van der Waals surface area contributed by atoms with E-state index in [-0.39, 0.29) is 11.6 Å². The predicted molar refractivity (Wildman–Crippen MR) is 87.3 cm³/mol. The molecule has 2 saturated heterocycles. The van der Waals surface area contributed by atoms with E-state index in [2.05, 4.69) is 31.9 Å². The smallest absolute Gasteiger partial charge is 0.339 e. The highest BCUT2D eigenvalue weighted by Gasteiger charge is 2.29. The number of H-pyrrole nitrogens is 2. The second-order valence-corrected chi connectivity index (χ2v) is 6.76. The van der Waals surface area contributed by atoms with Crippen molar-refractivity contribution in [1.29, 1.82) is 0 Å². The molecule has 1 aromatic heterocycles. The number of amides is 1. The second-order valence-electron chi connectivity index (χ2n) is 6.76. The normalized spacial score (nSPS) is 24.0. The molecule has 1 unspecified atom stereocenters. The van der Waals surface area contributed by atoms with Crippen LogP contribution in [0.25, 0.3) is 0 Å². The van der Waals surface area contributed by atoms with Gasteiger partial charge in [-0.3, -0.25) is 14.7 Å². The summed E-state index contributed by atoms with van der Waals surface area (Å²) in [5.41, 5.74) is -0.242. The largest absolute Gasteiger partial charge is 0.340 e. The zero-order valence-electron chi connectivity index (χ0n) is 13.9. The van der Waals surface area contributed by atoms with Crippen LogP contribution < -0.4 is 5.69 Å². The standard InChI is InChI=1S/C16H27N5O2/c1-2-13-5-3-4-8-21(13)14(22)11-20-9-6-12(7-10-20)15-17-16(23)19-18-15/h12-13H,2-11H2,1H3,(H2,17,18,19,23). The van der Waals surface area contributed by atoms with Crippen LogP contribution in [0.1, 0.15) is 57.2 Å². The van der Waals surface area contributed by atoms with Crippen molar-refractivity contribution in [3.63, 3.8) is 0 Å². The molecule has 0 aromatic carbocycles. The van der Waals surface area contributed by atoms with Crippen molar-refractivity contribution in [3.8, 4) is 0 Å². The van der Waals surface area contributed by atoms with Gasteiger partial charge >= 0.3 is 5.69 Å². The lowest BCUT2D eigenvalue weighted by Gasteiger charge is -2.38. The number of likely N-dealkylation sites (tertiary alicyclic amines) is 2. The monoisotopic (exact) mass is 321 g/mol. The first-order valence-electron chi connectivity index (χ1n) is 8.83. The molecule has 2 fully saturated rings. The third-order valence-corrected chi connectivity index (χ3v) is 5.27. The minimum Gasteiger partial charge on any atom is -0.339 e. The quantitative estimate of drug-likeness (QED) is 0.868. The lowest BCUT2D eigenvalue weighted by molar-refractivity contribution is -0.136. The number of carbonyl (C=O) groups excluding carboxylic acids is 1. The fraction of sp³-hybridized carbons (Fsp3) is 0.812. The molecular formula is C16H27N5O2. The Labute approximate surface area is 136 Å². The Bertz CT molecular complexity index is 573. The fourth-order valence-electron chi connectivity index (χ4n) is 3.88. The summed E-state index contributed by atoms with van der Waals surface area (Å²) in [5, 5.41) is 6.46. The van der Waals surface area contributed by atoms with Crippen LogP contribution in [0, 0.1) is 0 Å². The molecule has 128 valence electrons. The maximum atomic E-state index is 12.6. The minimum atomic E-state index is -0.242. The first-order chi connectivity index (χ1) is 11.2. The fourth-order valence-corrected chi connectivity index (χ4v) is 3.88. The van der Waals surface area contributed by atoms with Crippen LogP contribution in [0.3, 0.4) is 0 Å². The molecule has 2 aliphatic heterocycles. The molecule has 3 heterocycles. The Morgan fingerprint density at radius 3 is 2.65 bits per heavy atom. The van der Waals surface area contributed by atoms with Crippen molar-refractivity contribution >= 4 is 5.91 Å². The molecule has 1 amide bonds. The molecule has 2 aliphatic rings. The van der Waals surface area contributed by atoms with E-state index in [0.717, 1.165) is 57.6 Å². The maximum absolute atomic E-state index is 12.6. The lowest BCUT2D eigenvalue weighted by atomic mass is 9.96. The molecule has 2 N–H and O–H groups in total.